The Morgan fingerprint density at radius 2 is 2.22 bits per heavy atom. The number of rotatable bonds is 3. The van der Waals surface area contributed by atoms with Crippen LogP contribution in [0.25, 0.3) is 0 Å². The van der Waals surface area contributed by atoms with Gasteiger partial charge in [-0.05, 0) is 6.42 Å². The molecule has 0 aliphatic rings. The molecule has 45 valence electrons. The third kappa shape index (κ3) is 3.43. The zero-order valence-corrected chi connectivity index (χ0v) is 5.17. The average molecular weight is 120 g/mol. The molecule has 0 aliphatic heterocycles. The van der Waals surface area contributed by atoms with E-state index in [0.29, 0.717) is 12.8 Å². The van der Waals surface area contributed by atoms with Gasteiger partial charge in [-0.2, -0.15) is 10.5 Å². The van der Waals surface area contributed by atoms with Crippen LogP contribution >= 0.6 is 0 Å². The predicted octanol–water partition coefficient (Wildman–Crippen LogP) is 1.47. The Hall–Kier alpha value is -1.15. The minimum absolute atomic E-state index is 0.0790. The fourth-order valence-electron chi connectivity index (χ4n) is 0.430. The van der Waals surface area contributed by atoms with E-state index in [0.717, 1.165) is 0 Å². The summed E-state index contributed by atoms with van der Waals surface area (Å²) in [5, 5.41) is 16.4. The van der Waals surface area contributed by atoms with Crippen molar-refractivity contribution in [2.24, 2.45) is 5.92 Å². The van der Waals surface area contributed by atoms with E-state index in [4.69, 9.17) is 10.5 Å². The van der Waals surface area contributed by atoms with Crippen LogP contribution in [0.3, 0.4) is 0 Å². The molecule has 0 aromatic carbocycles. The smallest absolute Gasteiger partial charge is 0.101 e. The molecule has 0 bridgehead atoms. The number of nitriles is 2. The highest BCUT2D eigenvalue weighted by molar-refractivity contribution is 4.97. The first kappa shape index (κ1) is 7.85. The van der Waals surface area contributed by atoms with Crippen LogP contribution in [0, 0.1) is 41.9 Å². The van der Waals surface area contributed by atoms with Crippen LogP contribution in [0.15, 0.2) is 0 Å². The van der Waals surface area contributed by atoms with Crippen molar-refractivity contribution in [1.29, 1.82) is 10.5 Å². The maximum absolute atomic E-state index is 8.33. The Kier molecular flexibility index (Phi) is 4.36. The summed E-state index contributed by atoms with van der Waals surface area (Å²) in [5.41, 5.74) is 0. The highest BCUT2D eigenvalue weighted by atomic mass is 14.3. The van der Waals surface area contributed by atoms with Gasteiger partial charge in [-0.1, -0.05) is 0 Å². The van der Waals surface area contributed by atoms with Gasteiger partial charge >= 0.3 is 0 Å². The number of nitrogens with zero attached hydrogens (tertiary/aromatic N) is 2. The van der Waals surface area contributed by atoms with Crippen molar-refractivity contribution in [2.75, 3.05) is 0 Å². The topological polar surface area (TPSA) is 47.6 Å². The number of hydrogen-bond donors (Lipinski definition) is 0. The lowest BCUT2D eigenvalue weighted by molar-refractivity contribution is 0.673. The van der Waals surface area contributed by atoms with Crippen molar-refractivity contribution in [3.8, 4) is 12.1 Å². The maximum Gasteiger partial charge on any atom is 0.101 e. The van der Waals surface area contributed by atoms with Crippen LogP contribution in [0.4, 0.5) is 0 Å². The first-order valence-electron chi connectivity index (χ1n) is 2.75. The predicted molar refractivity (Wildman–Crippen MR) is 33.6 cm³/mol. The summed E-state index contributed by atoms with van der Waals surface area (Å²) in [6.45, 7) is 3.56. The Balaban J connectivity index is 3.37. The van der Waals surface area contributed by atoms with E-state index in [1.807, 2.05) is 12.1 Å². The largest absolute Gasteiger partial charge is 0.198 e. The van der Waals surface area contributed by atoms with Gasteiger partial charge in [-0.3, -0.25) is 0 Å². The summed E-state index contributed by atoms with van der Waals surface area (Å²) in [4.78, 5) is 0. The molecule has 2 nitrogen and oxygen atoms in total. The molecule has 2 heteroatoms. The van der Waals surface area contributed by atoms with Crippen LogP contribution in [0.1, 0.15) is 12.8 Å². The summed E-state index contributed by atoms with van der Waals surface area (Å²) < 4.78 is 0. The molecule has 1 unspecified atom stereocenters. The number of hydrogen-bond acceptors (Lipinski definition) is 2. The van der Waals surface area contributed by atoms with Gasteiger partial charge in [-0.15, -0.1) is 0 Å². The molecule has 0 aliphatic carbocycles. The first-order chi connectivity index (χ1) is 4.35. The van der Waals surface area contributed by atoms with Crippen molar-refractivity contribution in [3.05, 3.63) is 13.3 Å². The van der Waals surface area contributed by atoms with Gasteiger partial charge < -0.3 is 0 Å². The van der Waals surface area contributed by atoms with Crippen molar-refractivity contribution in [2.45, 2.75) is 12.8 Å². The van der Waals surface area contributed by atoms with Gasteiger partial charge in [0.25, 0.3) is 0 Å². The Morgan fingerprint density at radius 1 is 1.56 bits per heavy atom. The van der Waals surface area contributed by atoms with E-state index in [1.54, 1.807) is 0 Å². The van der Waals surface area contributed by atoms with E-state index in [-0.39, 0.29) is 5.92 Å². The first-order valence-corrected chi connectivity index (χ1v) is 2.75. The van der Waals surface area contributed by atoms with E-state index in [1.165, 1.54) is 6.42 Å². The summed E-state index contributed by atoms with van der Waals surface area (Å²) in [6, 6.07) is 3.90. The monoisotopic (exact) mass is 120 g/mol. The second-order valence-electron chi connectivity index (χ2n) is 1.68. The van der Waals surface area contributed by atoms with Crippen LogP contribution in [-0.4, -0.2) is 0 Å². The van der Waals surface area contributed by atoms with E-state index in [2.05, 4.69) is 6.92 Å². The van der Waals surface area contributed by atoms with Crippen molar-refractivity contribution in [3.63, 3.8) is 0 Å². The molecule has 0 aromatic heterocycles. The highest BCUT2D eigenvalue weighted by Gasteiger charge is 2.06. The zero-order valence-electron chi connectivity index (χ0n) is 5.17. The Labute approximate surface area is 55.7 Å². The molecule has 0 saturated carbocycles. The van der Waals surface area contributed by atoms with Crippen LogP contribution in [0.2, 0.25) is 0 Å². The summed E-state index contributed by atoms with van der Waals surface area (Å²) in [5.74, 6) is -0.0790. The fourth-order valence-corrected chi connectivity index (χ4v) is 0.430. The highest BCUT2D eigenvalue weighted by Crippen LogP contribution is 2.06. The van der Waals surface area contributed by atoms with Crippen LogP contribution in [-0.2, 0) is 0 Å². The third-order valence-electron chi connectivity index (χ3n) is 1.02. The summed E-state index contributed by atoms with van der Waals surface area (Å²) in [6.07, 6.45) is 2.55. The molecular weight excluding hydrogens is 112 g/mol. The molecule has 1 atom stereocenters. The van der Waals surface area contributed by atoms with Gasteiger partial charge in [-0.25, -0.2) is 0 Å². The Morgan fingerprint density at radius 3 is 2.56 bits per heavy atom. The second-order valence-corrected chi connectivity index (χ2v) is 1.68. The molecule has 0 N–H and O–H groups in total. The molecule has 9 heavy (non-hydrogen) atoms. The van der Waals surface area contributed by atoms with Crippen molar-refractivity contribution in [1.82, 2.24) is 0 Å². The fraction of sp³-hybridized carbons (Fsp3) is 0.429. The van der Waals surface area contributed by atoms with Gasteiger partial charge in [0.05, 0.1) is 31.4 Å². The normalized spacial score (nSPS) is 11.3. The summed E-state index contributed by atoms with van der Waals surface area (Å²) in [7, 11) is 0. The third-order valence-corrected chi connectivity index (χ3v) is 1.02. The molecule has 1 radical (unpaired) electrons. The molecular formula is C7H8N2+. The van der Waals surface area contributed by atoms with E-state index >= 15 is 0 Å². The van der Waals surface area contributed by atoms with Crippen molar-refractivity contribution < 1.29 is 0 Å². The Bertz CT molecular complexity index is 138. The lowest BCUT2D eigenvalue weighted by Crippen LogP contribution is -1.93. The minimum Gasteiger partial charge on any atom is -0.198 e. The van der Waals surface area contributed by atoms with Crippen molar-refractivity contribution >= 4 is 0 Å². The molecule has 0 heterocycles. The second kappa shape index (κ2) is 5.00. The molecule has 0 rings (SSSR count). The quantitative estimate of drug-likeness (QED) is 0.529. The standard InChI is InChI=1S/C7H8N2/c1-2-7(6-9)4-3-5-8/h3,7H,1-2,4H2/q+1. The lowest BCUT2D eigenvalue weighted by Gasteiger charge is -1.93. The minimum atomic E-state index is -0.0790. The van der Waals surface area contributed by atoms with Gasteiger partial charge in [0.15, 0.2) is 0 Å². The van der Waals surface area contributed by atoms with E-state index in [9.17, 15) is 0 Å². The maximum atomic E-state index is 8.33. The van der Waals surface area contributed by atoms with Gasteiger partial charge in [0.1, 0.15) is 6.42 Å². The van der Waals surface area contributed by atoms with Gasteiger partial charge in [0.2, 0.25) is 0 Å². The molecule has 0 spiro atoms. The molecule has 0 aromatic rings. The molecule has 0 amide bonds. The van der Waals surface area contributed by atoms with Crippen LogP contribution in [0.5, 0.6) is 0 Å². The molecule has 0 saturated heterocycles. The zero-order chi connectivity index (χ0) is 7.11. The van der Waals surface area contributed by atoms with E-state index < -0.39 is 0 Å². The SMILES string of the molecule is [CH2+]CC(C#N)C[CH]C#N. The van der Waals surface area contributed by atoms with Crippen LogP contribution < -0.4 is 0 Å². The lowest BCUT2D eigenvalue weighted by atomic mass is 10.0. The van der Waals surface area contributed by atoms with Gasteiger partial charge in [0, 0.05) is 0 Å². The average Bonchev–Trinajstić information content (AvgIpc) is 1.91. The molecule has 0 fully saturated rings. The summed E-state index contributed by atoms with van der Waals surface area (Å²) >= 11 is 0.